The maximum atomic E-state index is 9.12. The van der Waals surface area contributed by atoms with Crippen LogP contribution >= 0.6 is 11.6 Å². The third-order valence-electron chi connectivity index (χ3n) is 3.31. The van der Waals surface area contributed by atoms with Gasteiger partial charge >= 0.3 is 0 Å². The first kappa shape index (κ1) is 10.2. The van der Waals surface area contributed by atoms with Gasteiger partial charge in [-0.15, -0.1) is 0 Å². The summed E-state index contributed by atoms with van der Waals surface area (Å²) < 4.78 is 11.4. The zero-order valence-corrected chi connectivity index (χ0v) is 9.59. The van der Waals surface area contributed by atoms with Gasteiger partial charge in [-0.3, -0.25) is 0 Å². The summed E-state index contributed by atoms with van der Waals surface area (Å²) in [5.41, 5.74) is 0.904. The van der Waals surface area contributed by atoms with E-state index in [4.69, 9.17) is 26.2 Å². The molecule has 0 bridgehead atoms. The maximum absolute atomic E-state index is 9.12. The van der Waals surface area contributed by atoms with E-state index in [1.165, 1.54) is 12.8 Å². The van der Waals surface area contributed by atoms with Gasteiger partial charge in [0.2, 0.25) is 0 Å². The number of aliphatic hydroxyl groups excluding tert-OH is 1. The Morgan fingerprint density at radius 1 is 1.19 bits per heavy atom. The summed E-state index contributed by atoms with van der Waals surface area (Å²) in [7, 11) is 0. The van der Waals surface area contributed by atoms with Gasteiger partial charge in [-0.1, -0.05) is 11.6 Å². The van der Waals surface area contributed by atoms with Crippen molar-refractivity contribution < 1.29 is 14.6 Å². The van der Waals surface area contributed by atoms with Gasteiger partial charge in [-0.05, 0) is 24.5 Å². The lowest BCUT2D eigenvalue weighted by Gasteiger charge is -2.09. The Hall–Kier alpha value is -0.930. The molecule has 1 heterocycles. The number of aliphatic hydroxyl groups is 1. The molecule has 1 aliphatic carbocycles. The van der Waals surface area contributed by atoms with Crippen molar-refractivity contribution in [2.75, 3.05) is 13.2 Å². The molecule has 4 heteroatoms. The number of ether oxygens (including phenoxy) is 2. The number of fused-ring (bicyclic) bond motifs is 1. The number of hydrogen-bond donors (Lipinski definition) is 1. The quantitative estimate of drug-likeness (QED) is 0.819. The molecule has 0 amide bonds. The third-order valence-corrected chi connectivity index (χ3v) is 3.66. The van der Waals surface area contributed by atoms with E-state index >= 15 is 0 Å². The second-order valence-corrected chi connectivity index (χ2v) is 5.03. The average molecular weight is 241 g/mol. The van der Waals surface area contributed by atoms with E-state index in [1.807, 2.05) is 0 Å². The number of benzene rings is 1. The molecular formula is C12H13ClO3. The molecular weight excluding hydrogens is 228 g/mol. The van der Waals surface area contributed by atoms with Crippen LogP contribution in [0.3, 0.4) is 0 Å². The largest absolute Gasteiger partial charge is 0.489 e. The van der Waals surface area contributed by atoms with Gasteiger partial charge < -0.3 is 14.6 Å². The molecule has 3 nitrogen and oxygen atoms in total. The van der Waals surface area contributed by atoms with Crippen molar-refractivity contribution in [1.29, 1.82) is 0 Å². The highest BCUT2D eigenvalue weighted by molar-refractivity contribution is 6.31. The molecule has 1 fully saturated rings. The van der Waals surface area contributed by atoms with Gasteiger partial charge in [0.25, 0.3) is 0 Å². The fraction of sp³-hybridized carbons (Fsp3) is 0.500. The predicted molar refractivity (Wildman–Crippen MR) is 60.0 cm³/mol. The highest BCUT2D eigenvalue weighted by Crippen LogP contribution is 2.49. The molecule has 1 aromatic carbocycles. The standard InChI is InChI=1S/C12H13ClO3/c13-9-4-11-10(3-8(9)5-14)15-6-12(1-2-12)7-16-11/h3-4,14H,1-2,5-7H2. The molecule has 1 aromatic rings. The summed E-state index contributed by atoms with van der Waals surface area (Å²) in [6.07, 6.45) is 2.34. The third kappa shape index (κ3) is 1.64. The molecule has 1 spiro atoms. The highest BCUT2D eigenvalue weighted by Gasteiger charge is 2.46. The normalized spacial score (nSPS) is 20.6. The molecule has 2 aliphatic rings. The minimum atomic E-state index is -0.0827. The van der Waals surface area contributed by atoms with Crippen molar-refractivity contribution in [3.8, 4) is 11.5 Å². The van der Waals surface area contributed by atoms with Crippen LogP contribution in [0.1, 0.15) is 18.4 Å². The van der Waals surface area contributed by atoms with Gasteiger partial charge in [-0.2, -0.15) is 0 Å². The SMILES string of the molecule is OCc1cc2c(cc1Cl)OCC1(CC1)CO2. The number of rotatable bonds is 1. The van der Waals surface area contributed by atoms with Gasteiger partial charge in [0.15, 0.2) is 11.5 Å². The van der Waals surface area contributed by atoms with Crippen molar-refractivity contribution in [3.05, 3.63) is 22.7 Å². The molecule has 0 atom stereocenters. The average Bonchev–Trinajstić information content (AvgIpc) is 3.07. The number of halogens is 1. The van der Waals surface area contributed by atoms with Gasteiger partial charge in [0.05, 0.1) is 24.8 Å². The molecule has 16 heavy (non-hydrogen) atoms. The van der Waals surface area contributed by atoms with Crippen LogP contribution in [0.15, 0.2) is 12.1 Å². The zero-order valence-electron chi connectivity index (χ0n) is 8.83. The van der Waals surface area contributed by atoms with Gasteiger partial charge in [-0.25, -0.2) is 0 Å². The lowest BCUT2D eigenvalue weighted by atomic mass is 10.1. The Balaban J connectivity index is 1.94. The highest BCUT2D eigenvalue weighted by atomic mass is 35.5. The van der Waals surface area contributed by atoms with Crippen LogP contribution in [0.2, 0.25) is 5.02 Å². The molecule has 3 rings (SSSR count). The Kier molecular flexibility index (Phi) is 2.26. The van der Waals surface area contributed by atoms with Crippen molar-refractivity contribution >= 4 is 11.6 Å². The molecule has 0 radical (unpaired) electrons. The van der Waals surface area contributed by atoms with E-state index < -0.39 is 0 Å². The molecule has 0 aromatic heterocycles. The fourth-order valence-corrected chi connectivity index (χ4v) is 2.11. The summed E-state index contributed by atoms with van der Waals surface area (Å²) in [6, 6.07) is 3.49. The molecule has 1 N–H and O–H groups in total. The fourth-order valence-electron chi connectivity index (χ4n) is 1.89. The van der Waals surface area contributed by atoms with E-state index in [2.05, 4.69) is 0 Å². The zero-order chi connectivity index (χ0) is 11.2. The van der Waals surface area contributed by atoms with Crippen LogP contribution in [0.4, 0.5) is 0 Å². The van der Waals surface area contributed by atoms with Crippen molar-refractivity contribution in [2.24, 2.45) is 5.41 Å². The van der Waals surface area contributed by atoms with Gasteiger partial charge in [0.1, 0.15) is 0 Å². The molecule has 1 saturated carbocycles. The maximum Gasteiger partial charge on any atom is 0.162 e. The van der Waals surface area contributed by atoms with Crippen LogP contribution in [0.25, 0.3) is 0 Å². The Labute approximate surface area is 98.9 Å². The topological polar surface area (TPSA) is 38.7 Å². The molecule has 1 aliphatic heterocycles. The van der Waals surface area contributed by atoms with E-state index in [9.17, 15) is 0 Å². The Bertz CT molecular complexity index is 427. The van der Waals surface area contributed by atoms with E-state index in [-0.39, 0.29) is 12.0 Å². The molecule has 86 valence electrons. The minimum absolute atomic E-state index is 0.0827. The van der Waals surface area contributed by atoms with Crippen molar-refractivity contribution in [1.82, 2.24) is 0 Å². The van der Waals surface area contributed by atoms with Crippen LogP contribution in [-0.4, -0.2) is 18.3 Å². The second-order valence-electron chi connectivity index (χ2n) is 4.63. The lowest BCUT2D eigenvalue weighted by Crippen LogP contribution is -2.17. The number of hydrogen-bond acceptors (Lipinski definition) is 3. The Morgan fingerprint density at radius 2 is 1.81 bits per heavy atom. The first-order valence-electron chi connectivity index (χ1n) is 5.41. The summed E-state index contributed by atoms with van der Waals surface area (Å²) in [5.74, 6) is 1.38. The van der Waals surface area contributed by atoms with Gasteiger partial charge in [0, 0.05) is 11.5 Å². The smallest absolute Gasteiger partial charge is 0.162 e. The predicted octanol–water partition coefficient (Wildman–Crippen LogP) is 2.38. The van der Waals surface area contributed by atoms with Crippen molar-refractivity contribution in [3.63, 3.8) is 0 Å². The van der Waals surface area contributed by atoms with E-state index in [1.54, 1.807) is 12.1 Å². The minimum Gasteiger partial charge on any atom is -0.489 e. The summed E-state index contributed by atoms with van der Waals surface area (Å²) >= 11 is 6.01. The second kappa shape index (κ2) is 3.54. The van der Waals surface area contributed by atoms with E-state index in [0.29, 0.717) is 35.3 Å². The molecule has 0 unspecified atom stereocenters. The van der Waals surface area contributed by atoms with Crippen LogP contribution in [-0.2, 0) is 6.61 Å². The van der Waals surface area contributed by atoms with Crippen LogP contribution < -0.4 is 9.47 Å². The Morgan fingerprint density at radius 3 is 2.38 bits per heavy atom. The summed E-state index contributed by atoms with van der Waals surface area (Å²) in [5, 5.41) is 9.65. The molecule has 0 saturated heterocycles. The first-order valence-corrected chi connectivity index (χ1v) is 5.79. The summed E-state index contributed by atoms with van der Waals surface area (Å²) in [6.45, 7) is 1.32. The van der Waals surface area contributed by atoms with Crippen molar-refractivity contribution in [2.45, 2.75) is 19.4 Å². The van der Waals surface area contributed by atoms with Crippen LogP contribution in [0, 0.1) is 5.41 Å². The first-order chi connectivity index (χ1) is 7.72. The summed E-state index contributed by atoms with van der Waals surface area (Å²) in [4.78, 5) is 0. The monoisotopic (exact) mass is 240 g/mol. The van der Waals surface area contributed by atoms with Crippen LogP contribution in [0.5, 0.6) is 11.5 Å². The lowest BCUT2D eigenvalue weighted by molar-refractivity contribution is 0.197. The van der Waals surface area contributed by atoms with E-state index in [0.717, 1.165) is 0 Å².